The van der Waals surface area contributed by atoms with Crippen molar-refractivity contribution in [3.8, 4) is 11.5 Å². The van der Waals surface area contributed by atoms with Crippen molar-refractivity contribution in [2.75, 3.05) is 14.2 Å². The van der Waals surface area contributed by atoms with Crippen LogP contribution in [-0.4, -0.2) is 43.0 Å². The molecule has 2 N–H and O–H groups in total. The molecule has 0 aromatic heterocycles. The molecular weight excluding hydrogens is 430 g/mol. The Hall–Kier alpha value is -4.13. The van der Waals surface area contributed by atoms with E-state index in [0.717, 1.165) is 22.3 Å². The lowest BCUT2D eigenvalue weighted by Gasteiger charge is -2.15. The van der Waals surface area contributed by atoms with Gasteiger partial charge in [0.1, 0.15) is 0 Å². The van der Waals surface area contributed by atoms with Gasteiger partial charge in [0.2, 0.25) is 12.3 Å². The van der Waals surface area contributed by atoms with Gasteiger partial charge in [-0.2, -0.15) is 0 Å². The number of hydrogen-bond donors (Lipinski definition) is 2. The first-order valence-electron chi connectivity index (χ1n) is 11.0. The van der Waals surface area contributed by atoms with E-state index >= 15 is 0 Å². The molecule has 0 bridgehead atoms. The van der Waals surface area contributed by atoms with Crippen LogP contribution in [0.1, 0.15) is 38.7 Å². The number of nitrogens with one attached hydrogen (secondary N) is 2. The fraction of sp³-hybridized carbons (Fsp3) is 0.222. The van der Waals surface area contributed by atoms with Gasteiger partial charge in [-0.3, -0.25) is 9.59 Å². The van der Waals surface area contributed by atoms with Crippen LogP contribution in [0.2, 0.25) is 0 Å². The highest BCUT2D eigenvalue weighted by Crippen LogP contribution is 2.29. The molecule has 174 valence electrons. The highest BCUT2D eigenvalue weighted by molar-refractivity contribution is 5.98. The molecule has 3 aromatic carbocycles. The molecule has 0 unspecified atom stereocenters. The molecule has 2 atom stereocenters. The predicted molar refractivity (Wildman–Crippen MR) is 129 cm³/mol. The molecule has 7 heteroatoms. The molecule has 4 rings (SSSR count). The second kappa shape index (κ2) is 9.79. The summed E-state index contributed by atoms with van der Waals surface area (Å²) in [6, 6.07) is 19.5. The summed E-state index contributed by atoms with van der Waals surface area (Å²) in [6.45, 7) is 3.97. The predicted octanol–water partition coefficient (Wildman–Crippen LogP) is 3.34. The van der Waals surface area contributed by atoms with Gasteiger partial charge in [0, 0.05) is 16.7 Å². The van der Waals surface area contributed by atoms with Crippen molar-refractivity contribution in [3.63, 3.8) is 0 Å². The maximum atomic E-state index is 13.0. The van der Waals surface area contributed by atoms with E-state index in [4.69, 9.17) is 9.47 Å². The van der Waals surface area contributed by atoms with Gasteiger partial charge >= 0.3 is 5.91 Å². The highest BCUT2D eigenvalue weighted by atomic mass is 16.5. The fourth-order valence-electron chi connectivity index (χ4n) is 3.97. The Morgan fingerprint density at radius 3 is 2.15 bits per heavy atom. The van der Waals surface area contributed by atoms with Crippen LogP contribution in [0.25, 0.3) is 0 Å². The maximum absolute atomic E-state index is 13.0. The maximum Gasteiger partial charge on any atom is 0.304 e. The van der Waals surface area contributed by atoms with E-state index in [1.807, 2.05) is 68.6 Å². The molecule has 0 aliphatic carbocycles. The zero-order valence-corrected chi connectivity index (χ0v) is 19.7. The summed E-state index contributed by atoms with van der Waals surface area (Å²) in [5.41, 5.74) is 7.27. The zero-order valence-electron chi connectivity index (χ0n) is 19.7. The van der Waals surface area contributed by atoms with E-state index in [2.05, 4.69) is 10.7 Å². The first-order chi connectivity index (χ1) is 16.4. The van der Waals surface area contributed by atoms with Crippen molar-refractivity contribution < 1.29 is 23.7 Å². The third-order valence-electron chi connectivity index (χ3n) is 5.85. The smallest absolute Gasteiger partial charge is 0.304 e. The number of methoxy groups -OCH3 is 2. The largest absolute Gasteiger partial charge is 0.493 e. The number of carbonyl (C=O) groups excluding carboxylic acids is 2. The van der Waals surface area contributed by atoms with E-state index in [-0.39, 0.29) is 11.8 Å². The van der Waals surface area contributed by atoms with E-state index in [0.29, 0.717) is 17.1 Å². The van der Waals surface area contributed by atoms with Crippen molar-refractivity contribution in [3.05, 3.63) is 94.5 Å². The molecule has 0 spiro atoms. The van der Waals surface area contributed by atoms with Gasteiger partial charge < -0.3 is 14.8 Å². The molecule has 2 amide bonds. The number of hydrazine groups is 1. The molecule has 1 saturated heterocycles. The molecule has 0 radical (unpaired) electrons. The van der Waals surface area contributed by atoms with Crippen molar-refractivity contribution in [1.29, 1.82) is 0 Å². The van der Waals surface area contributed by atoms with Gasteiger partial charge in [-0.1, -0.05) is 47.5 Å². The summed E-state index contributed by atoms with van der Waals surface area (Å²) >= 11 is 0. The van der Waals surface area contributed by atoms with Gasteiger partial charge in [-0.25, -0.2) is 0 Å². The molecule has 0 saturated carbocycles. The Morgan fingerprint density at radius 2 is 1.53 bits per heavy atom. The summed E-state index contributed by atoms with van der Waals surface area (Å²) in [6.07, 6.45) is 1.82. The number of nitrogens with zero attached hydrogens (tertiary/aromatic N) is 1. The Balaban J connectivity index is 1.71. The normalized spacial score (nSPS) is 18.5. The summed E-state index contributed by atoms with van der Waals surface area (Å²) in [4.78, 5) is 26.0. The van der Waals surface area contributed by atoms with E-state index in [1.54, 1.807) is 37.1 Å². The van der Waals surface area contributed by atoms with Crippen LogP contribution in [0.3, 0.4) is 0 Å². The minimum Gasteiger partial charge on any atom is -0.493 e. The highest BCUT2D eigenvalue weighted by Gasteiger charge is 2.47. The molecule has 1 aliphatic rings. The second-order valence-electron chi connectivity index (χ2n) is 8.30. The van der Waals surface area contributed by atoms with Crippen LogP contribution >= 0.6 is 0 Å². The zero-order chi connectivity index (χ0) is 24.2. The minimum absolute atomic E-state index is 0.289. The average Bonchev–Trinajstić information content (AvgIpc) is 3.14. The quantitative estimate of drug-likeness (QED) is 0.556. The number of carbonyl (C=O) groups is 2. The van der Waals surface area contributed by atoms with Gasteiger partial charge in [-0.15, -0.1) is 10.1 Å². The summed E-state index contributed by atoms with van der Waals surface area (Å²) in [5, 5.41) is 2.93. The van der Waals surface area contributed by atoms with E-state index < -0.39 is 12.1 Å². The van der Waals surface area contributed by atoms with Gasteiger partial charge in [0.25, 0.3) is 5.91 Å². The minimum atomic E-state index is -0.784. The summed E-state index contributed by atoms with van der Waals surface area (Å²) in [7, 11) is 3.15. The third kappa shape index (κ3) is 4.78. The van der Waals surface area contributed by atoms with Crippen molar-refractivity contribution in [1.82, 2.24) is 10.7 Å². The van der Waals surface area contributed by atoms with E-state index in [9.17, 15) is 9.59 Å². The van der Waals surface area contributed by atoms with Crippen LogP contribution in [0, 0.1) is 13.8 Å². The monoisotopic (exact) mass is 458 g/mol. The number of hydrazone groups is 1. The average molecular weight is 459 g/mol. The number of rotatable bonds is 6. The number of benzene rings is 3. The Morgan fingerprint density at radius 1 is 0.912 bits per heavy atom. The molecule has 3 aromatic rings. The molecular formula is C27H28N3O4+. The number of amides is 2. The Kier molecular flexibility index (Phi) is 6.63. The molecule has 1 heterocycles. The first-order valence-corrected chi connectivity index (χ1v) is 11.0. The Bertz CT molecular complexity index is 1230. The van der Waals surface area contributed by atoms with Crippen molar-refractivity contribution in [2.24, 2.45) is 0 Å². The lowest BCUT2D eigenvalue weighted by Crippen LogP contribution is -2.42. The molecule has 1 aliphatic heterocycles. The molecule has 7 nitrogen and oxygen atoms in total. The van der Waals surface area contributed by atoms with Crippen molar-refractivity contribution in [2.45, 2.75) is 25.9 Å². The van der Waals surface area contributed by atoms with Gasteiger partial charge in [-0.05, 0) is 44.2 Å². The Labute approximate surface area is 199 Å². The third-order valence-corrected chi connectivity index (χ3v) is 5.85. The van der Waals surface area contributed by atoms with E-state index in [1.165, 1.54) is 0 Å². The van der Waals surface area contributed by atoms with Crippen LogP contribution in [0.5, 0.6) is 11.5 Å². The van der Waals surface area contributed by atoms with Crippen molar-refractivity contribution >= 4 is 18.0 Å². The summed E-state index contributed by atoms with van der Waals surface area (Å²) in [5.74, 6) is 0.606. The number of aryl methyl sites for hydroxylation is 2. The lowest BCUT2D eigenvalue weighted by atomic mass is 9.98. The number of ether oxygens (including phenoxy) is 2. The van der Waals surface area contributed by atoms with Crippen LogP contribution in [0.15, 0.2) is 66.7 Å². The number of hydrogen-bond acceptors (Lipinski definition) is 4. The van der Waals surface area contributed by atoms with Crippen LogP contribution < -0.4 is 20.2 Å². The van der Waals surface area contributed by atoms with Gasteiger partial charge in [0.05, 0.1) is 14.2 Å². The van der Waals surface area contributed by atoms with Crippen LogP contribution in [0.4, 0.5) is 0 Å². The topological polar surface area (TPSA) is 79.7 Å². The second-order valence-corrected chi connectivity index (χ2v) is 8.30. The van der Waals surface area contributed by atoms with Crippen LogP contribution in [-0.2, 0) is 4.79 Å². The first kappa shape index (κ1) is 23.0. The molecule has 1 fully saturated rings. The summed E-state index contributed by atoms with van der Waals surface area (Å²) < 4.78 is 12.5. The lowest BCUT2D eigenvalue weighted by molar-refractivity contribution is -0.596. The SMILES string of the molecule is COc1ccc(/C=[N+]2\NC(=O)[C@@H](NC(=O)c3ccc(C)cc3)[C@H]2c2ccc(C)cc2)cc1OC. The molecule has 34 heavy (non-hydrogen) atoms. The fourth-order valence-corrected chi connectivity index (χ4v) is 3.97. The van der Waals surface area contributed by atoms with Gasteiger partial charge in [0.15, 0.2) is 17.5 Å². The standard InChI is InChI=1S/C27H27N3O4/c1-17-5-10-20(11-6-17)25-24(28-26(31)21-12-7-18(2)8-13-21)27(32)29-30(25)16-19-9-14-22(33-3)23(15-19)34-4/h5-16,24-25H,1-4H3,(H-,28,29,31,32)/p+1/b30-16-/t24-,25+/m0/s1.